The third kappa shape index (κ3) is 3.32. The normalized spacial score (nSPS) is 21.0. The highest BCUT2D eigenvalue weighted by atomic mass is 16.6. The monoisotopic (exact) mass is 359 g/mol. The Morgan fingerprint density at radius 1 is 0.962 bits per heavy atom. The largest absolute Gasteiger partial charge is 0.446 e. The van der Waals surface area contributed by atoms with Crippen LogP contribution in [0.25, 0.3) is 0 Å². The van der Waals surface area contributed by atoms with Crippen molar-refractivity contribution in [2.45, 2.75) is 51.5 Å². The summed E-state index contributed by atoms with van der Waals surface area (Å²) in [5.74, 6) is 1.60. The van der Waals surface area contributed by atoms with Gasteiger partial charge in [0.15, 0.2) is 0 Å². The lowest BCUT2D eigenvalue weighted by molar-refractivity contribution is 0.159. The third-order valence-corrected chi connectivity index (χ3v) is 5.27. The molecule has 0 bridgehead atoms. The molecule has 1 aromatic rings. The van der Waals surface area contributed by atoms with Crippen LogP contribution in [-0.2, 0) is 17.7 Å². The standard InChI is InChI=1S/C18H25N5O3/c24-17-14(13-19-23-11-12-26-18(23)25)16(21-8-4-1-2-5-9-21)20-15-7-3-6-10-22(15)17/h13H,1-12H2. The van der Waals surface area contributed by atoms with Gasteiger partial charge in [0.2, 0.25) is 0 Å². The lowest BCUT2D eigenvalue weighted by Gasteiger charge is -2.26. The number of hydrazone groups is 1. The van der Waals surface area contributed by atoms with Crippen LogP contribution in [0.4, 0.5) is 10.6 Å². The van der Waals surface area contributed by atoms with Gasteiger partial charge in [-0.25, -0.2) is 9.78 Å². The molecular weight excluding hydrogens is 334 g/mol. The van der Waals surface area contributed by atoms with Gasteiger partial charge in [-0.3, -0.25) is 9.36 Å². The van der Waals surface area contributed by atoms with Crippen LogP contribution in [0.2, 0.25) is 0 Å². The van der Waals surface area contributed by atoms with Crippen molar-refractivity contribution in [3.63, 3.8) is 0 Å². The van der Waals surface area contributed by atoms with E-state index in [9.17, 15) is 9.59 Å². The Morgan fingerprint density at radius 2 is 1.73 bits per heavy atom. The molecule has 4 heterocycles. The van der Waals surface area contributed by atoms with Crippen LogP contribution in [0, 0.1) is 0 Å². The fourth-order valence-corrected chi connectivity index (χ4v) is 3.83. The highest BCUT2D eigenvalue weighted by Crippen LogP contribution is 2.22. The van der Waals surface area contributed by atoms with E-state index in [0.717, 1.165) is 56.8 Å². The first-order valence-corrected chi connectivity index (χ1v) is 9.61. The van der Waals surface area contributed by atoms with Gasteiger partial charge in [0.1, 0.15) is 23.8 Å². The summed E-state index contributed by atoms with van der Waals surface area (Å²) in [6.07, 6.45) is 8.57. The highest BCUT2D eigenvalue weighted by Gasteiger charge is 2.24. The predicted molar refractivity (Wildman–Crippen MR) is 97.8 cm³/mol. The summed E-state index contributed by atoms with van der Waals surface area (Å²) in [5, 5.41) is 5.48. The number of ether oxygens (including phenoxy) is 1. The number of amides is 1. The Balaban J connectivity index is 1.74. The zero-order valence-corrected chi connectivity index (χ0v) is 15.0. The molecular formula is C18H25N5O3. The molecule has 140 valence electrons. The summed E-state index contributed by atoms with van der Waals surface area (Å²) in [5.41, 5.74) is 0.433. The molecule has 8 nitrogen and oxygen atoms in total. The van der Waals surface area contributed by atoms with Crippen LogP contribution in [0.5, 0.6) is 0 Å². The molecule has 0 N–H and O–H groups in total. The number of hydrogen-bond acceptors (Lipinski definition) is 6. The Labute approximate surface area is 152 Å². The van der Waals surface area contributed by atoms with Crippen LogP contribution in [-0.4, -0.2) is 53.1 Å². The number of carbonyl (C=O) groups excluding carboxylic acids is 1. The first-order valence-electron chi connectivity index (χ1n) is 9.61. The minimum Gasteiger partial charge on any atom is -0.446 e. The Morgan fingerprint density at radius 3 is 2.46 bits per heavy atom. The second kappa shape index (κ2) is 7.47. The second-order valence-electron chi connectivity index (χ2n) is 7.06. The Kier molecular flexibility index (Phi) is 4.90. The van der Waals surface area contributed by atoms with Gasteiger partial charge in [0.25, 0.3) is 5.56 Å². The van der Waals surface area contributed by atoms with E-state index in [1.807, 2.05) is 0 Å². The first kappa shape index (κ1) is 17.1. The van der Waals surface area contributed by atoms with E-state index < -0.39 is 6.09 Å². The molecule has 0 radical (unpaired) electrons. The zero-order chi connectivity index (χ0) is 17.9. The van der Waals surface area contributed by atoms with Crippen molar-refractivity contribution in [1.29, 1.82) is 0 Å². The molecule has 0 spiro atoms. The summed E-state index contributed by atoms with van der Waals surface area (Å²) in [4.78, 5) is 31.8. The quantitative estimate of drug-likeness (QED) is 0.768. The minimum atomic E-state index is -0.469. The maximum atomic E-state index is 13.1. The molecule has 1 amide bonds. The van der Waals surface area contributed by atoms with Crippen molar-refractivity contribution in [2.24, 2.45) is 5.10 Å². The molecule has 0 aliphatic carbocycles. The van der Waals surface area contributed by atoms with E-state index in [0.29, 0.717) is 25.3 Å². The fourth-order valence-electron chi connectivity index (χ4n) is 3.83. The van der Waals surface area contributed by atoms with Gasteiger partial charge >= 0.3 is 6.09 Å². The van der Waals surface area contributed by atoms with Gasteiger partial charge in [0.05, 0.1) is 12.8 Å². The van der Waals surface area contributed by atoms with E-state index in [1.165, 1.54) is 24.1 Å². The van der Waals surface area contributed by atoms with Gasteiger partial charge in [-0.2, -0.15) is 10.1 Å². The van der Waals surface area contributed by atoms with E-state index in [-0.39, 0.29) is 5.56 Å². The van der Waals surface area contributed by atoms with Crippen molar-refractivity contribution >= 4 is 18.1 Å². The van der Waals surface area contributed by atoms with Crippen molar-refractivity contribution in [1.82, 2.24) is 14.6 Å². The molecule has 3 aliphatic rings. The van der Waals surface area contributed by atoms with E-state index in [4.69, 9.17) is 9.72 Å². The number of anilines is 1. The number of aryl methyl sites for hydroxylation is 1. The number of carbonyl (C=O) groups is 1. The van der Waals surface area contributed by atoms with Crippen molar-refractivity contribution < 1.29 is 9.53 Å². The zero-order valence-electron chi connectivity index (χ0n) is 15.0. The van der Waals surface area contributed by atoms with Gasteiger partial charge in [-0.05, 0) is 25.7 Å². The topological polar surface area (TPSA) is 80.0 Å². The molecule has 8 heteroatoms. The number of rotatable bonds is 3. The molecule has 4 rings (SSSR count). The van der Waals surface area contributed by atoms with Gasteiger partial charge < -0.3 is 9.64 Å². The fraction of sp³-hybridized carbons (Fsp3) is 0.667. The van der Waals surface area contributed by atoms with Crippen LogP contribution in [0.15, 0.2) is 9.90 Å². The smallest absolute Gasteiger partial charge is 0.430 e. The molecule has 0 atom stereocenters. The lowest BCUT2D eigenvalue weighted by atomic mass is 10.1. The Bertz CT molecular complexity index is 765. The van der Waals surface area contributed by atoms with E-state index >= 15 is 0 Å². The molecule has 0 unspecified atom stereocenters. The van der Waals surface area contributed by atoms with Crippen LogP contribution >= 0.6 is 0 Å². The molecule has 26 heavy (non-hydrogen) atoms. The van der Waals surface area contributed by atoms with Gasteiger partial charge in [-0.15, -0.1) is 0 Å². The number of cyclic esters (lactones) is 1. The number of hydrogen-bond donors (Lipinski definition) is 0. The van der Waals surface area contributed by atoms with E-state index in [2.05, 4.69) is 10.0 Å². The van der Waals surface area contributed by atoms with Crippen molar-refractivity contribution in [2.75, 3.05) is 31.1 Å². The van der Waals surface area contributed by atoms with Crippen LogP contribution < -0.4 is 10.5 Å². The summed E-state index contributed by atoms with van der Waals surface area (Å²) >= 11 is 0. The predicted octanol–water partition coefficient (Wildman–Crippen LogP) is 1.75. The highest BCUT2D eigenvalue weighted by molar-refractivity contribution is 5.87. The maximum absolute atomic E-state index is 13.1. The average molecular weight is 359 g/mol. The molecule has 3 aliphatic heterocycles. The minimum absolute atomic E-state index is 0.0507. The van der Waals surface area contributed by atoms with Crippen molar-refractivity contribution in [3.05, 3.63) is 21.7 Å². The SMILES string of the molecule is O=C1OCCN1N=Cc1c(N2CCCCCC2)nc2n(c1=O)CCCC2. The summed E-state index contributed by atoms with van der Waals surface area (Å²) in [7, 11) is 0. The van der Waals surface area contributed by atoms with E-state index in [1.54, 1.807) is 4.57 Å². The molecule has 0 saturated carbocycles. The number of fused-ring (bicyclic) bond motifs is 1. The van der Waals surface area contributed by atoms with Gasteiger partial charge in [0, 0.05) is 26.1 Å². The Hall–Kier alpha value is -2.38. The van der Waals surface area contributed by atoms with Crippen LogP contribution in [0.3, 0.4) is 0 Å². The molecule has 0 aromatic carbocycles. The summed E-state index contributed by atoms with van der Waals surface area (Å²) < 4.78 is 6.67. The first-order chi connectivity index (χ1) is 12.7. The molecule has 2 saturated heterocycles. The molecule has 1 aromatic heterocycles. The number of nitrogens with zero attached hydrogens (tertiary/aromatic N) is 5. The summed E-state index contributed by atoms with van der Waals surface area (Å²) in [6.45, 7) is 3.25. The molecule has 2 fully saturated rings. The summed E-state index contributed by atoms with van der Waals surface area (Å²) in [6, 6.07) is 0. The third-order valence-electron chi connectivity index (χ3n) is 5.27. The number of aromatic nitrogens is 2. The van der Waals surface area contributed by atoms with Crippen molar-refractivity contribution in [3.8, 4) is 0 Å². The average Bonchev–Trinajstić information content (AvgIpc) is 2.90. The second-order valence-corrected chi connectivity index (χ2v) is 7.06. The van der Waals surface area contributed by atoms with Gasteiger partial charge in [-0.1, -0.05) is 12.8 Å². The lowest BCUT2D eigenvalue weighted by Crippen LogP contribution is -2.36. The maximum Gasteiger partial charge on any atom is 0.430 e. The van der Waals surface area contributed by atoms with Crippen LogP contribution in [0.1, 0.15) is 49.9 Å².